The van der Waals surface area contributed by atoms with E-state index in [0.29, 0.717) is 6.61 Å². The molecule has 1 aliphatic rings. The number of hydrogen-bond acceptors (Lipinski definition) is 4. The summed E-state index contributed by atoms with van der Waals surface area (Å²) in [5.74, 6) is 0.790. The predicted molar refractivity (Wildman–Crippen MR) is 80.3 cm³/mol. The molecule has 0 radical (unpaired) electrons. The van der Waals surface area contributed by atoms with Crippen molar-refractivity contribution in [1.29, 1.82) is 0 Å². The van der Waals surface area contributed by atoms with Crippen molar-refractivity contribution in [3.63, 3.8) is 0 Å². The average molecular weight is 282 g/mol. The molecular formula is C15H26N2OS. The Bertz CT molecular complexity index is 348. The quantitative estimate of drug-likeness (QED) is 0.738. The Balaban J connectivity index is 1.62. The molecule has 0 spiro atoms. The van der Waals surface area contributed by atoms with E-state index in [9.17, 15) is 0 Å². The molecule has 0 saturated heterocycles. The second-order valence-corrected chi connectivity index (χ2v) is 6.37. The number of aromatic nitrogens is 1. The molecule has 1 aromatic heterocycles. The molecule has 0 bridgehead atoms. The van der Waals surface area contributed by atoms with E-state index in [1.807, 2.05) is 0 Å². The van der Waals surface area contributed by atoms with E-state index in [4.69, 9.17) is 4.74 Å². The molecule has 1 aromatic rings. The molecule has 1 aliphatic carbocycles. The normalized spacial score (nSPS) is 16.9. The molecule has 0 aromatic carbocycles. The highest BCUT2D eigenvalue weighted by Gasteiger charge is 2.13. The summed E-state index contributed by atoms with van der Waals surface area (Å²) in [7, 11) is 0. The topological polar surface area (TPSA) is 34.2 Å². The third-order valence-corrected chi connectivity index (χ3v) is 4.53. The van der Waals surface area contributed by atoms with Crippen molar-refractivity contribution >= 4 is 11.3 Å². The fourth-order valence-corrected chi connectivity index (χ4v) is 3.30. The molecule has 0 amide bonds. The second-order valence-electron chi connectivity index (χ2n) is 5.43. The van der Waals surface area contributed by atoms with Crippen LogP contribution < -0.4 is 5.32 Å². The van der Waals surface area contributed by atoms with Gasteiger partial charge in [0.25, 0.3) is 0 Å². The van der Waals surface area contributed by atoms with Crippen molar-refractivity contribution in [2.24, 2.45) is 5.92 Å². The lowest BCUT2D eigenvalue weighted by atomic mass is 9.90. The van der Waals surface area contributed by atoms with Crippen LogP contribution in [0.5, 0.6) is 0 Å². The molecule has 0 atom stereocenters. The van der Waals surface area contributed by atoms with Crippen LogP contribution in [0.25, 0.3) is 0 Å². The Hall–Kier alpha value is -0.450. The molecule has 1 N–H and O–H groups in total. The lowest BCUT2D eigenvalue weighted by Crippen LogP contribution is -2.14. The van der Waals surface area contributed by atoms with Gasteiger partial charge in [-0.05, 0) is 31.7 Å². The van der Waals surface area contributed by atoms with Crippen molar-refractivity contribution < 1.29 is 4.74 Å². The number of hydrogen-bond donors (Lipinski definition) is 1. The van der Waals surface area contributed by atoms with Crippen LogP contribution in [0.15, 0.2) is 5.38 Å². The highest BCUT2D eigenvalue weighted by Crippen LogP contribution is 2.24. The first kappa shape index (κ1) is 14.9. The minimum Gasteiger partial charge on any atom is -0.375 e. The molecule has 4 heteroatoms. The smallest absolute Gasteiger partial charge is 0.107 e. The summed E-state index contributed by atoms with van der Waals surface area (Å²) in [4.78, 5) is 4.60. The van der Waals surface area contributed by atoms with Crippen LogP contribution in [0.1, 0.15) is 56.2 Å². The standard InChI is InChI=1S/C15H26N2OS/c1-2-8-16-9-15-17-14(12-19-15)11-18-10-13-6-4-3-5-7-13/h12-13,16H,2-11H2,1H3. The maximum Gasteiger partial charge on any atom is 0.107 e. The minimum absolute atomic E-state index is 0.681. The minimum atomic E-state index is 0.681. The summed E-state index contributed by atoms with van der Waals surface area (Å²) < 4.78 is 5.82. The molecule has 0 aliphatic heterocycles. The number of nitrogens with zero attached hydrogens (tertiary/aromatic N) is 1. The van der Waals surface area contributed by atoms with Gasteiger partial charge in [-0.1, -0.05) is 26.2 Å². The van der Waals surface area contributed by atoms with Gasteiger partial charge in [0.05, 0.1) is 12.3 Å². The SMILES string of the molecule is CCCNCc1nc(COCC2CCCCC2)cs1. The van der Waals surface area contributed by atoms with Crippen LogP contribution >= 0.6 is 11.3 Å². The fourth-order valence-electron chi connectivity index (χ4n) is 2.55. The Morgan fingerprint density at radius 2 is 2.21 bits per heavy atom. The van der Waals surface area contributed by atoms with Gasteiger partial charge in [-0.3, -0.25) is 0 Å². The van der Waals surface area contributed by atoms with Crippen LogP contribution in [0.2, 0.25) is 0 Å². The van der Waals surface area contributed by atoms with Crippen LogP contribution in [0, 0.1) is 5.92 Å². The van der Waals surface area contributed by atoms with Crippen molar-refractivity contribution in [3.8, 4) is 0 Å². The summed E-state index contributed by atoms with van der Waals surface area (Å²) in [5, 5.41) is 6.68. The van der Waals surface area contributed by atoms with Crippen molar-refractivity contribution in [3.05, 3.63) is 16.1 Å². The monoisotopic (exact) mass is 282 g/mol. The van der Waals surface area contributed by atoms with Gasteiger partial charge in [-0.15, -0.1) is 11.3 Å². The first-order valence-electron chi connectivity index (χ1n) is 7.60. The lowest BCUT2D eigenvalue weighted by Gasteiger charge is -2.20. The zero-order valence-corrected chi connectivity index (χ0v) is 12.8. The van der Waals surface area contributed by atoms with E-state index >= 15 is 0 Å². The summed E-state index contributed by atoms with van der Waals surface area (Å²) >= 11 is 1.73. The molecule has 19 heavy (non-hydrogen) atoms. The Labute approximate surface area is 120 Å². The molecule has 1 heterocycles. The molecule has 108 valence electrons. The summed E-state index contributed by atoms with van der Waals surface area (Å²) in [5.41, 5.74) is 1.09. The number of rotatable bonds is 8. The number of nitrogens with one attached hydrogen (secondary N) is 1. The second kappa shape index (κ2) is 8.67. The summed E-state index contributed by atoms with van der Waals surface area (Å²) in [6.07, 6.45) is 8.06. The third-order valence-electron chi connectivity index (χ3n) is 3.63. The van der Waals surface area contributed by atoms with Crippen LogP contribution in [-0.4, -0.2) is 18.1 Å². The summed E-state index contributed by atoms with van der Waals surface area (Å²) in [6, 6.07) is 0. The van der Waals surface area contributed by atoms with Crippen molar-refractivity contribution in [2.45, 2.75) is 58.6 Å². The molecular weight excluding hydrogens is 256 g/mol. The predicted octanol–water partition coefficient (Wildman–Crippen LogP) is 3.74. The van der Waals surface area contributed by atoms with Crippen LogP contribution in [0.4, 0.5) is 0 Å². The van der Waals surface area contributed by atoms with Gasteiger partial charge in [0.1, 0.15) is 5.01 Å². The van der Waals surface area contributed by atoms with E-state index in [0.717, 1.165) is 31.3 Å². The summed E-state index contributed by atoms with van der Waals surface area (Å²) in [6.45, 7) is 5.73. The largest absolute Gasteiger partial charge is 0.375 e. The van der Waals surface area contributed by atoms with Gasteiger partial charge >= 0.3 is 0 Å². The van der Waals surface area contributed by atoms with Crippen molar-refractivity contribution in [2.75, 3.05) is 13.2 Å². The van der Waals surface area contributed by atoms with Gasteiger partial charge in [-0.2, -0.15) is 0 Å². The van der Waals surface area contributed by atoms with Crippen LogP contribution in [0.3, 0.4) is 0 Å². The first-order chi connectivity index (χ1) is 9.38. The first-order valence-corrected chi connectivity index (χ1v) is 8.48. The van der Waals surface area contributed by atoms with E-state index in [-0.39, 0.29) is 0 Å². The molecule has 2 rings (SSSR count). The number of thiazole rings is 1. The highest BCUT2D eigenvalue weighted by molar-refractivity contribution is 7.09. The molecule has 0 unspecified atom stereocenters. The van der Waals surface area contributed by atoms with Crippen LogP contribution in [-0.2, 0) is 17.9 Å². The molecule has 3 nitrogen and oxygen atoms in total. The molecule has 1 fully saturated rings. The average Bonchev–Trinajstić information content (AvgIpc) is 2.88. The highest BCUT2D eigenvalue weighted by atomic mass is 32.1. The zero-order valence-electron chi connectivity index (χ0n) is 12.0. The van der Waals surface area contributed by atoms with Gasteiger partial charge in [-0.25, -0.2) is 4.98 Å². The van der Waals surface area contributed by atoms with Gasteiger partial charge in [0, 0.05) is 18.5 Å². The van der Waals surface area contributed by atoms with E-state index in [2.05, 4.69) is 22.6 Å². The van der Waals surface area contributed by atoms with Crippen molar-refractivity contribution in [1.82, 2.24) is 10.3 Å². The van der Waals surface area contributed by atoms with Gasteiger partial charge in [0.2, 0.25) is 0 Å². The number of ether oxygens (including phenoxy) is 1. The van der Waals surface area contributed by atoms with E-state index in [1.165, 1.54) is 43.5 Å². The maximum absolute atomic E-state index is 5.82. The maximum atomic E-state index is 5.82. The zero-order chi connectivity index (χ0) is 13.3. The lowest BCUT2D eigenvalue weighted by molar-refractivity contribution is 0.0722. The van der Waals surface area contributed by atoms with E-state index in [1.54, 1.807) is 11.3 Å². The Morgan fingerprint density at radius 1 is 1.37 bits per heavy atom. The van der Waals surface area contributed by atoms with Gasteiger partial charge in [0.15, 0.2) is 0 Å². The van der Waals surface area contributed by atoms with E-state index < -0.39 is 0 Å². The third kappa shape index (κ3) is 5.59. The Morgan fingerprint density at radius 3 is 3.00 bits per heavy atom. The molecule has 1 saturated carbocycles. The fraction of sp³-hybridized carbons (Fsp3) is 0.800. The van der Waals surface area contributed by atoms with Gasteiger partial charge < -0.3 is 10.1 Å². The Kier molecular flexibility index (Phi) is 6.82.